The molecule has 3 atom stereocenters. The van der Waals surface area contributed by atoms with E-state index in [-0.39, 0.29) is 11.9 Å². The van der Waals surface area contributed by atoms with Crippen molar-refractivity contribution in [3.05, 3.63) is 35.1 Å². The van der Waals surface area contributed by atoms with Gasteiger partial charge in [-0.3, -0.25) is 4.90 Å². The van der Waals surface area contributed by atoms with Gasteiger partial charge < -0.3 is 5.32 Å². The van der Waals surface area contributed by atoms with Crippen LogP contribution in [0, 0.1) is 17.1 Å². The normalized spacial score (nSPS) is 24.5. The second kappa shape index (κ2) is 7.02. The molecule has 0 radical (unpaired) electrons. The van der Waals surface area contributed by atoms with Crippen molar-refractivity contribution in [1.82, 2.24) is 10.2 Å². The van der Waals surface area contributed by atoms with Crippen molar-refractivity contribution in [2.24, 2.45) is 0 Å². The molecule has 1 N–H and O–H groups in total. The Kier molecular flexibility index (Phi) is 5.33. The van der Waals surface area contributed by atoms with E-state index in [0.717, 1.165) is 31.5 Å². The van der Waals surface area contributed by atoms with Gasteiger partial charge in [0.1, 0.15) is 5.82 Å². The minimum Gasteiger partial charge on any atom is -0.311 e. The summed E-state index contributed by atoms with van der Waals surface area (Å²) in [6, 6.07) is 7.75. The Morgan fingerprint density at radius 1 is 1.43 bits per heavy atom. The molecule has 3 nitrogen and oxygen atoms in total. The van der Waals surface area contributed by atoms with Crippen molar-refractivity contribution in [2.45, 2.75) is 51.7 Å². The zero-order valence-corrected chi connectivity index (χ0v) is 13.1. The Labute approximate surface area is 126 Å². The Hall–Kier alpha value is -1.44. The molecular weight excluding hydrogens is 265 g/mol. The summed E-state index contributed by atoms with van der Waals surface area (Å²) >= 11 is 0. The lowest BCUT2D eigenvalue weighted by atomic mass is 9.96. The van der Waals surface area contributed by atoms with E-state index in [1.807, 2.05) is 0 Å². The van der Waals surface area contributed by atoms with Crippen LogP contribution in [-0.4, -0.2) is 30.1 Å². The molecular formula is C17H24FN3. The smallest absolute Gasteiger partial charge is 0.124 e. The predicted molar refractivity (Wildman–Crippen MR) is 82.4 cm³/mol. The highest BCUT2D eigenvalue weighted by Crippen LogP contribution is 2.28. The molecule has 21 heavy (non-hydrogen) atoms. The van der Waals surface area contributed by atoms with Gasteiger partial charge in [-0.25, -0.2) is 4.39 Å². The van der Waals surface area contributed by atoms with Crippen molar-refractivity contribution in [3.63, 3.8) is 0 Å². The molecule has 1 aromatic carbocycles. The highest BCUT2D eigenvalue weighted by molar-refractivity contribution is 5.39. The van der Waals surface area contributed by atoms with Crippen molar-refractivity contribution >= 4 is 0 Å². The van der Waals surface area contributed by atoms with Crippen LogP contribution in [0.1, 0.15) is 50.8 Å². The van der Waals surface area contributed by atoms with Crippen LogP contribution in [0.4, 0.5) is 4.39 Å². The first kappa shape index (κ1) is 15.9. The van der Waals surface area contributed by atoms with Crippen LogP contribution in [0.15, 0.2) is 18.2 Å². The molecule has 4 heteroatoms. The van der Waals surface area contributed by atoms with Crippen LogP contribution >= 0.6 is 0 Å². The fourth-order valence-corrected chi connectivity index (χ4v) is 3.18. The Bertz CT molecular complexity index is 523. The lowest BCUT2D eigenvalue weighted by molar-refractivity contribution is 0.0849. The highest BCUT2D eigenvalue weighted by atomic mass is 19.1. The third kappa shape index (κ3) is 3.42. The van der Waals surface area contributed by atoms with E-state index in [9.17, 15) is 9.65 Å². The zero-order chi connectivity index (χ0) is 15.4. The van der Waals surface area contributed by atoms with Crippen LogP contribution in [-0.2, 0) is 0 Å². The van der Waals surface area contributed by atoms with Crippen LogP contribution in [0.25, 0.3) is 0 Å². The number of nitrogens with one attached hydrogen (secondary N) is 1. The second-order valence-corrected chi connectivity index (χ2v) is 5.79. The fraction of sp³-hybridized carbons (Fsp3) is 0.588. The van der Waals surface area contributed by atoms with Gasteiger partial charge in [0.2, 0.25) is 0 Å². The summed E-state index contributed by atoms with van der Waals surface area (Å²) < 4.78 is 13.3. The van der Waals surface area contributed by atoms with Crippen molar-refractivity contribution < 1.29 is 4.39 Å². The molecule has 1 aliphatic rings. The summed E-state index contributed by atoms with van der Waals surface area (Å²) in [4.78, 5) is 2.46. The minimum absolute atomic E-state index is 0.126. The topological polar surface area (TPSA) is 39.1 Å². The number of hydrogen-bond acceptors (Lipinski definition) is 3. The van der Waals surface area contributed by atoms with Crippen molar-refractivity contribution in [3.8, 4) is 6.07 Å². The molecule has 1 fully saturated rings. The van der Waals surface area contributed by atoms with Gasteiger partial charge in [0, 0.05) is 31.2 Å². The van der Waals surface area contributed by atoms with Crippen molar-refractivity contribution in [1.29, 1.82) is 5.26 Å². The maximum Gasteiger partial charge on any atom is 0.124 e. The lowest BCUT2D eigenvalue weighted by Crippen LogP contribution is -2.56. The average Bonchev–Trinajstić information content (AvgIpc) is 2.53. The molecule has 0 saturated carbocycles. The zero-order valence-electron chi connectivity index (χ0n) is 13.1. The van der Waals surface area contributed by atoms with E-state index in [2.05, 4.69) is 37.1 Å². The molecule has 1 heterocycles. The highest BCUT2D eigenvalue weighted by Gasteiger charge is 2.30. The van der Waals surface area contributed by atoms with Gasteiger partial charge in [-0.05, 0) is 37.5 Å². The Morgan fingerprint density at radius 3 is 2.81 bits per heavy atom. The van der Waals surface area contributed by atoms with E-state index in [0.29, 0.717) is 17.6 Å². The molecule has 0 bridgehead atoms. The SMILES string of the molecule is CC[C@H]1CN(C(C)c2ccc(F)cc2C#N)[C@H](CC)CN1. The molecule has 1 aliphatic heterocycles. The summed E-state index contributed by atoms with van der Waals surface area (Å²) in [5.41, 5.74) is 1.37. The molecule has 0 amide bonds. The fourth-order valence-electron chi connectivity index (χ4n) is 3.18. The van der Waals surface area contributed by atoms with E-state index in [4.69, 9.17) is 0 Å². The third-order valence-electron chi connectivity index (χ3n) is 4.59. The third-order valence-corrected chi connectivity index (χ3v) is 4.59. The van der Waals surface area contributed by atoms with Gasteiger partial charge >= 0.3 is 0 Å². The van der Waals surface area contributed by atoms with Gasteiger partial charge in [0.25, 0.3) is 0 Å². The number of nitrogens with zero attached hydrogens (tertiary/aromatic N) is 2. The van der Waals surface area contributed by atoms with E-state index >= 15 is 0 Å². The average molecular weight is 289 g/mol. The van der Waals surface area contributed by atoms with Gasteiger partial charge in [0.15, 0.2) is 0 Å². The summed E-state index contributed by atoms with van der Waals surface area (Å²) in [6.07, 6.45) is 2.16. The maximum absolute atomic E-state index is 13.3. The molecule has 1 saturated heterocycles. The van der Waals surface area contributed by atoms with Crippen LogP contribution < -0.4 is 5.32 Å². The van der Waals surface area contributed by atoms with E-state index in [1.165, 1.54) is 12.1 Å². The van der Waals surface area contributed by atoms with E-state index < -0.39 is 0 Å². The Balaban J connectivity index is 2.28. The predicted octanol–water partition coefficient (Wildman–Crippen LogP) is 3.22. The monoisotopic (exact) mass is 289 g/mol. The first-order chi connectivity index (χ1) is 10.1. The molecule has 2 rings (SSSR count). The Morgan fingerprint density at radius 2 is 2.19 bits per heavy atom. The van der Waals surface area contributed by atoms with Gasteiger partial charge in [-0.2, -0.15) is 5.26 Å². The summed E-state index contributed by atoms with van der Waals surface area (Å²) in [7, 11) is 0. The largest absolute Gasteiger partial charge is 0.311 e. The molecule has 0 aromatic heterocycles. The molecule has 1 unspecified atom stereocenters. The number of hydrogen-bond donors (Lipinski definition) is 1. The number of rotatable bonds is 4. The maximum atomic E-state index is 13.3. The second-order valence-electron chi connectivity index (χ2n) is 5.79. The molecule has 0 spiro atoms. The van der Waals surface area contributed by atoms with Gasteiger partial charge in [0.05, 0.1) is 11.6 Å². The first-order valence-corrected chi connectivity index (χ1v) is 7.79. The van der Waals surface area contributed by atoms with Crippen LogP contribution in [0.5, 0.6) is 0 Å². The lowest BCUT2D eigenvalue weighted by Gasteiger charge is -2.43. The van der Waals surface area contributed by atoms with Crippen LogP contribution in [0.3, 0.4) is 0 Å². The van der Waals surface area contributed by atoms with E-state index in [1.54, 1.807) is 6.07 Å². The first-order valence-electron chi connectivity index (χ1n) is 7.79. The number of piperazine rings is 1. The standard InChI is InChI=1S/C17H24FN3/c1-4-15-11-21(16(5-2)10-20-15)12(3)17-7-6-14(18)8-13(17)9-19/h6-8,12,15-16,20H,4-5,10-11H2,1-3H3/t12?,15-,16+/m0/s1. The van der Waals surface area contributed by atoms with Gasteiger partial charge in [-0.15, -0.1) is 0 Å². The molecule has 114 valence electrons. The quantitative estimate of drug-likeness (QED) is 0.925. The summed E-state index contributed by atoms with van der Waals surface area (Å²) in [5.74, 6) is -0.346. The number of halogens is 1. The number of nitriles is 1. The summed E-state index contributed by atoms with van der Waals surface area (Å²) in [5, 5.41) is 12.8. The van der Waals surface area contributed by atoms with Crippen LogP contribution in [0.2, 0.25) is 0 Å². The summed E-state index contributed by atoms with van der Waals surface area (Å²) in [6.45, 7) is 8.44. The van der Waals surface area contributed by atoms with Crippen molar-refractivity contribution in [2.75, 3.05) is 13.1 Å². The minimum atomic E-state index is -0.346. The molecule has 1 aromatic rings. The molecule has 0 aliphatic carbocycles. The van der Waals surface area contributed by atoms with Gasteiger partial charge in [-0.1, -0.05) is 19.9 Å². The number of benzene rings is 1.